The fourth-order valence-corrected chi connectivity index (χ4v) is 12.6. The molecule has 0 bridgehead atoms. The van der Waals surface area contributed by atoms with Crippen LogP contribution in [0.2, 0.25) is 0 Å². The lowest BCUT2D eigenvalue weighted by molar-refractivity contribution is -0.405. The van der Waals surface area contributed by atoms with Crippen molar-refractivity contribution in [2.24, 2.45) is 46.4 Å². The molecule has 47 nitrogen and oxygen atoms in total. The van der Waals surface area contributed by atoms with Gasteiger partial charge in [0, 0.05) is 12.8 Å². The molecule has 708 valence electrons. The molecule has 0 aliphatic carbocycles. The molecule has 0 unspecified atom stereocenters. The zero-order valence-electron chi connectivity index (χ0n) is 73.4. The summed E-state index contributed by atoms with van der Waals surface area (Å²) in [5.74, 6) is -19.1. The van der Waals surface area contributed by atoms with Crippen molar-refractivity contribution in [1.82, 2.24) is 95.7 Å². The number of nitrogens with one attached hydrogen (secondary N) is 18. The summed E-state index contributed by atoms with van der Waals surface area (Å²) >= 11 is 2.53. The van der Waals surface area contributed by atoms with E-state index in [1.165, 1.54) is 51.2 Å². The number of rotatable bonds is 65. The van der Waals surface area contributed by atoms with Gasteiger partial charge in [0.1, 0.15) is 103 Å². The average molecular weight is 1810 g/mol. The predicted octanol–water partition coefficient (Wildman–Crippen LogP) is -10.9. The standard InChI is InChI=1S/C75H139N25O22S2/c1-14-38(6)57(100-63(111)44(77)19-17-27-83-74(79)80)72(120)99-53(35-101)71(119)90-43(11)62(110)97-52(33-56(104)105)69(117)89-40(8)59(107)92-47(24-29-123-12)67(115)94-48(25-30-124-13)68(116)93-46(22-23-54(78)102)66(114)88-42(10)61(109)96-51(32-37(4)5)70(118)98-50(31-36(2)3)64(112)85-34-55(103)86-39(7)58(106)91-45(21-18-28-84-75(81)82)65(113)87-41(9)60(108)95-49(73(121)122)20-15-16-26-76/h36-53,57,74-75,83-84,101H,14-35,76-77,79-82H2,1-13H3,(H2,78,102)(H,85,112)(H,86,103)(H,87,113)(H,88,114)(H,89,117)(H,90,119)(H,91,106)(H,92,107)(H,93,116)(H,94,115)(H,95,108)(H,96,109)(H,97,110)(H,98,118)(H,99,120)(H,100,111)(H,104,105)(H,121,122)/p+2/t38-,39-,40-,41-,42-,43-,44-,45-,46-,47-,48-,49-,50-,51-,52-,53-,57-/m0/s1. The number of thioether (sulfide) groups is 2. The summed E-state index contributed by atoms with van der Waals surface area (Å²) < 4.78 is 0. The zero-order valence-corrected chi connectivity index (χ0v) is 75.0. The number of amides is 17. The molecular weight excluding hydrogens is 1670 g/mol. The molecule has 0 saturated heterocycles. The molecule has 124 heavy (non-hydrogen) atoms. The number of carbonyl (C=O) groups excluding carboxylic acids is 17. The number of unbranched alkanes of at least 4 members (excludes halogenated alkanes) is 1. The summed E-state index contributed by atoms with van der Waals surface area (Å²) in [6, 6.07) is -22.5. The number of hydrogen-bond acceptors (Lipinski definition) is 28. The number of carboxylic acid groups (broad SMARTS) is 2. The van der Waals surface area contributed by atoms with Crippen molar-refractivity contribution in [2.75, 3.05) is 56.8 Å². The zero-order chi connectivity index (χ0) is 94.8. The maximum absolute atomic E-state index is 14.3. The van der Waals surface area contributed by atoms with Crippen LogP contribution in [-0.2, 0) is 91.1 Å². The molecule has 0 aliphatic rings. The Hall–Kier alpha value is -9.73. The molecule has 0 fully saturated rings. The summed E-state index contributed by atoms with van der Waals surface area (Å²) in [6.45, 7) is 16.0. The Bertz CT molecular complexity index is 3500. The summed E-state index contributed by atoms with van der Waals surface area (Å²) in [6.07, 6.45) is 2.14. The van der Waals surface area contributed by atoms with E-state index in [0.717, 1.165) is 6.92 Å². The molecule has 0 spiro atoms. The Balaban J connectivity index is 6.44. The van der Waals surface area contributed by atoms with E-state index < -0.39 is 260 Å². The van der Waals surface area contributed by atoms with Gasteiger partial charge in [-0.1, -0.05) is 48.0 Å². The number of aliphatic hydroxyl groups excluding tert-OH is 1. The van der Waals surface area contributed by atoms with Crippen LogP contribution in [0.15, 0.2) is 0 Å². The second-order valence-electron chi connectivity index (χ2n) is 31.1. The second-order valence-corrected chi connectivity index (χ2v) is 33.1. The third-order valence-corrected chi connectivity index (χ3v) is 20.4. The lowest BCUT2D eigenvalue weighted by atomic mass is 9.97. The quantitative estimate of drug-likeness (QED) is 0.0199. The highest BCUT2D eigenvalue weighted by molar-refractivity contribution is 7.98. The second kappa shape index (κ2) is 61.6. The van der Waals surface area contributed by atoms with Crippen LogP contribution in [0.1, 0.15) is 172 Å². The van der Waals surface area contributed by atoms with Crippen LogP contribution in [0, 0.1) is 17.8 Å². The smallest absolute Gasteiger partial charge is 0.326 e. The van der Waals surface area contributed by atoms with Gasteiger partial charge in [0.25, 0.3) is 5.91 Å². The van der Waals surface area contributed by atoms with E-state index in [1.807, 2.05) is 0 Å². The van der Waals surface area contributed by atoms with Crippen LogP contribution in [-0.4, -0.2) is 294 Å². The van der Waals surface area contributed by atoms with Gasteiger partial charge in [0.15, 0.2) is 6.04 Å². The first kappa shape index (κ1) is 114. The Labute approximate surface area is 731 Å². The van der Waals surface area contributed by atoms with E-state index in [1.54, 1.807) is 54.1 Å². The van der Waals surface area contributed by atoms with Crippen molar-refractivity contribution in [2.45, 2.75) is 282 Å². The monoisotopic (exact) mass is 1810 g/mol. The Morgan fingerprint density at radius 2 is 0.726 bits per heavy atom. The van der Waals surface area contributed by atoms with Crippen LogP contribution in [0.4, 0.5) is 0 Å². The Morgan fingerprint density at radius 1 is 0.379 bits per heavy atom. The number of hydrogen-bond donors (Lipinski definition) is 28. The molecule has 0 aromatic carbocycles. The minimum atomic E-state index is -1.90. The van der Waals surface area contributed by atoms with Gasteiger partial charge in [0.2, 0.25) is 94.5 Å². The Kier molecular flexibility index (Phi) is 56.7. The summed E-state index contributed by atoms with van der Waals surface area (Å²) in [4.78, 5) is 255. The molecule has 0 rings (SSSR count). The van der Waals surface area contributed by atoms with Gasteiger partial charge in [-0.05, 0) is 160 Å². The number of primary amides is 1. The highest BCUT2D eigenvalue weighted by atomic mass is 32.2. The lowest BCUT2D eigenvalue weighted by Crippen LogP contribution is -2.69. The summed E-state index contributed by atoms with van der Waals surface area (Å²) in [5, 5.41) is 74.5. The molecule has 17 atom stereocenters. The third-order valence-electron chi connectivity index (χ3n) is 19.1. The predicted molar refractivity (Wildman–Crippen MR) is 457 cm³/mol. The normalized spacial score (nSPS) is 15.4. The fourth-order valence-electron chi connectivity index (χ4n) is 11.6. The minimum Gasteiger partial charge on any atom is -0.481 e. The first-order valence-corrected chi connectivity index (χ1v) is 44.1. The van der Waals surface area contributed by atoms with E-state index in [9.17, 15) is 106 Å². The van der Waals surface area contributed by atoms with Crippen molar-refractivity contribution in [3.63, 3.8) is 0 Å². The highest BCUT2D eigenvalue weighted by Gasteiger charge is 2.38. The molecule has 0 aromatic heterocycles. The van der Waals surface area contributed by atoms with E-state index in [-0.39, 0.29) is 74.8 Å². The van der Waals surface area contributed by atoms with Crippen LogP contribution < -0.4 is 136 Å². The SMILES string of the molecule is CC[C@H](C)[C@H](NC(=O)[C@@H]([NH3+])CCCNC(N)N)C(=O)N[C@@H](CO)C(=O)N[C@@H](C)C(=O)N[C@@H](CC(=O)O)C(=O)N[C@@H](C)C(=O)N[C@@H](CCSC)C(=O)N[C@@H](CCSC)C(=O)N[C@@H](CCC(N)=O)C(=O)N[C@@H](C)C(=O)N[C@@H](CC(C)C)C(=O)N[C@@H](CC(C)C)C(=O)NCC(=O)N[C@@H](C)C(=O)N[C@@H](CCCNC(N)N)C(=O)N[C@@H](C)C(=O)N[C@@H](CCCC[NH3+])C(=O)O. The molecule has 17 amide bonds. The van der Waals surface area contributed by atoms with Crippen molar-refractivity contribution in [1.29, 1.82) is 0 Å². The van der Waals surface area contributed by atoms with Crippen LogP contribution in [0.3, 0.4) is 0 Å². The summed E-state index contributed by atoms with van der Waals surface area (Å²) in [5.41, 5.74) is 35.2. The van der Waals surface area contributed by atoms with Crippen molar-refractivity contribution in [3.05, 3.63) is 0 Å². The number of carboxylic acids is 2. The first-order chi connectivity index (χ1) is 58.1. The van der Waals surface area contributed by atoms with Crippen LogP contribution in [0.25, 0.3) is 0 Å². The third kappa shape index (κ3) is 47.4. The van der Waals surface area contributed by atoms with Gasteiger partial charge in [-0.15, -0.1) is 0 Å². The average Bonchev–Trinajstić information content (AvgIpc) is 0.860. The maximum Gasteiger partial charge on any atom is 0.326 e. The molecule has 0 aromatic rings. The molecule has 0 heterocycles. The number of nitrogens with two attached hydrogens (primary N) is 5. The Morgan fingerprint density at radius 3 is 1.13 bits per heavy atom. The van der Waals surface area contributed by atoms with E-state index in [2.05, 4.69) is 107 Å². The number of aliphatic carboxylic acids is 2. The summed E-state index contributed by atoms with van der Waals surface area (Å²) in [7, 11) is 0. The van der Waals surface area contributed by atoms with E-state index >= 15 is 0 Å². The van der Waals surface area contributed by atoms with Crippen LogP contribution in [0.5, 0.6) is 0 Å². The minimum absolute atomic E-state index is 0.0101. The lowest BCUT2D eigenvalue weighted by Gasteiger charge is -2.27. The maximum atomic E-state index is 14.3. The van der Waals surface area contributed by atoms with Gasteiger partial charge < -0.3 is 141 Å². The molecule has 37 N–H and O–H groups in total. The highest BCUT2D eigenvalue weighted by Crippen LogP contribution is 2.15. The van der Waals surface area contributed by atoms with Crippen molar-refractivity contribution in [3.8, 4) is 0 Å². The van der Waals surface area contributed by atoms with Gasteiger partial charge in [-0.2, -0.15) is 23.5 Å². The van der Waals surface area contributed by atoms with Gasteiger partial charge in [-0.3, -0.25) is 96.9 Å². The number of aliphatic hydroxyl groups is 1. The van der Waals surface area contributed by atoms with Crippen molar-refractivity contribution < 1.29 is 118 Å². The molecule has 49 heteroatoms. The fraction of sp³-hybridized carbons (Fsp3) is 0.747. The largest absolute Gasteiger partial charge is 0.481 e. The van der Waals surface area contributed by atoms with Gasteiger partial charge in [-0.25, -0.2) is 4.79 Å². The number of quaternary nitrogens is 2. The van der Waals surface area contributed by atoms with Gasteiger partial charge in [0.05, 0.1) is 26.1 Å². The molecule has 0 aliphatic heterocycles. The molecular formula is C75H141N25O22S2+2. The van der Waals surface area contributed by atoms with E-state index in [4.69, 9.17) is 28.7 Å². The first-order valence-electron chi connectivity index (χ1n) is 41.3. The van der Waals surface area contributed by atoms with E-state index in [0.29, 0.717) is 45.2 Å². The van der Waals surface area contributed by atoms with Crippen molar-refractivity contribution >= 4 is 136 Å². The topological polar surface area (TPSA) is 787 Å². The van der Waals surface area contributed by atoms with Gasteiger partial charge >= 0.3 is 11.9 Å². The van der Waals surface area contributed by atoms with Crippen LogP contribution >= 0.6 is 23.5 Å². The molecule has 0 saturated carbocycles. The number of carbonyl (C=O) groups is 19. The molecule has 0 radical (unpaired) electrons.